The van der Waals surface area contributed by atoms with Gasteiger partial charge in [0, 0.05) is 5.57 Å². The predicted molar refractivity (Wildman–Crippen MR) is 89.5 cm³/mol. The van der Waals surface area contributed by atoms with Gasteiger partial charge >= 0.3 is 5.97 Å². The molecule has 0 atom stereocenters. The Morgan fingerprint density at radius 2 is 1.57 bits per heavy atom. The zero-order valence-corrected chi connectivity index (χ0v) is 14.3. The molecule has 0 radical (unpaired) electrons. The van der Waals surface area contributed by atoms with Crippen LogP contribution < -0.4 is 0 Å². The van der Waals surface area contributed by atoms with E-state index in [-0.39, 0.29) is 12.1 Å². The Morgan fingerprint density at radius 1 is 0.957 bits per heavy atom. The van der Waals surface area contributed by atoms with Gasteiger partial charge in [-0.25, -0.2) is 4.79 Å². The first kappa shape index (κ1) is 18.1. The highest BCUT2D eigenvalue weighted by Gasteiger charge is 2.22. The molecule has 0 amide bonds. The van der Waals surface area contributed by atoms with Crippen molar-refractivity contribution >= 4 is 5.97 Å². The summed E-state index contributed by atoms with van der Waals surface area (Å²) in [7, 11) is 0. The van der Waals surface area contributed by atoms with Crippen molar-refractivity contribution in [2.24, 2.45) is 10.2 Å². The van der Waals surface area contributed by atoms with Gasteiger partial charge in [0.1, 0.15) is 6.61 Å². The lowest BCUT2D eigenvalue weighted by Crippen LogP contribution is -2.25. The van der Waals surface area contributed by atoms with Crippen molar-refractivity contribution < 1.29 is 14.3 Å². The molecule has 0 unspecified atom stereocenters. The Bertz CT molecular complexity index is 408. The molecule has 5 heteroatoms. The van der Waals surface area contributed by atoms with Crippen LogP contribution in [-0.4, -0.2) is 37.4 Å². The number of ether oxygens (including phenoxy) is 2. The maximum Gasteiger partial charge on any atom is 0.333 e. The topological polar surface area (TPSA) is 60.2 Å². The summed E-state index contributed by atoms with van der Waals surface area (Å²) < 4.78 is 10.8. The van der Waals surface area contributed by atoms with Gasteiger partial charge in [-0.15, -0.1) is 0 Å². The second-order valence-corrected chi connectivity index (χ2v) is 6.74. The number of hydrogen-bond donors (Lipinski definition) is 0. The highest BCUT2D eigenvalue weighted by Crippen LogP contribution is 2.26. The highest BCUT2D eigenvalue weighted by molar-refractivity contribution is 5.86. The molecule has 0 spiro atoms. The molecule has 0 N–H and O–H groups in total. The van der Waals surface area contributed by atoms with Crippen LogP contribution in [0, 0.1) is 0 Å². The first-order chi connectivity index (χ1) is 11.1. The van der Waals surface area contributed by atoms with E-state index in [1.54, 1.807) is 6.92 Å². The van der Waals surface area contributed by atoms with Gasteiger partial charge < -0.3 is 9.47 Å². The molecular weight excluding hydrogens is 292 g/mol. The first-order valence-electron chi connectivity index (χ1n) is 8.99. The third-order valence-corrected chi connectivity index (χ3v) is 4.63. The minimum Gasteiger partial charge on any atom is -0.460 e. The van der Waals surface area contributed by atoms with Crippen molar-refractivity contribution in [1.82, 2.24) is 0 Å². The molecule has 0 heterocycles. The van der Waals surface area contributed by atoms with Crippen molar-refractivity contribution in [3.8, 4) is 0 Å². The molecule has 2 aliphatic rings. The van der Waals surface area contributed by atoms with E-state index in [1.165, 1.54) is 32.1 Å². The fraction of sp³-hybridized carbons (Fsp3) is 0.833. The summed E-state index contributed by atoms with van der Waals surface area (Å²) in [5.74, 6) is -0.347. The highest BCUT2D eigenvalue weighted by atomic mass is 16.6. The van der Waals surface area contributed by atoms with Crippen LogP contribution in [0.2, 0.25) is 0 Å². The summed E-state index contributed by atoms with van der Waals surface area (Å²) in [5.41, 5.74) is 0.425. The first-order valence-corrected chi connectivity index (χ1v) is 8.99. The molecule has 0 aliphatic heterocycles. The van der Waals surface area contributed by atoms with Gasteiger partial charge in [-0.3, -0.25) is 0 Å². The number of carbonyl (C=O) groups excluding carboxylic acids is 1. The summed E-state index contributed by atoms with van der Waals surface area (Å²) in [6.45, 7) is 5.95. The minimum absolute atomic E-state index is 0.264. The number of esters is 1. The Morgan fingerprint density at radius 3 is 2.17 bits per heavy atom. The molecule has 0 aromatic heterocycles. The summed E-state index contributed by atoms with van der Waals surface area (Å²) in [5, 5.41) is 9.13. The third kappa shape index (κ3) is 6.81. The number of azo groups is 1. The average molecular weight is 322 g/mol. The van der Waals surface area contributed by atoms with Gasteiger partial charge in [-0.1, -0.05) is 25.8 Å². The van der Waals surface area contributed by atoms with Gasteiger partial charge in [0.25, 0.3) is 0 Å². The fourth-order valence-electron chi connectivity index (χ4n) is 3.18. The Hall–Kier alpha value is -1.23. The lowest BCUT2D eigenvalue weighted by molar-refractivity contribution is -0.141. The zero-order valence-electron chi connectivity index (χ0n) is 14.3. The lowest BCUT2D eigenvalue weighted by Gasteiger charge is -2.26. The second-order valence-electron chi connectivity index (χ2n) is 6.74. The molecule has 0 aromatic rings. The lowest BCUT2D eigenvalue weighted by atomic mass is 9.93. The van der Waals surface area contributed by atoms with Crippen LogP contribution in [0.5, 0.6) is 0 Å². The van der Waals surface area contributed by atoms with Crippen molar-refractivity contribution in [2.45, 2.75) is 82.9 Å². The standard InChI is InChI=1S/C18H30N2O3/c1-14(2)18(21)23-13-12-22-17-10-8-16(9-11-17)20-19-15-6-4-3-5-7-15/h15-17H,1,3-13H2,2H3. The second kappa shape index (κ2) is 9.81. The van der Waals surface area contributed by atoms with Gasteiger partial charge in [-0.05, 0) is 45.4 Å². The predicted octanol–water partition coefficient (Wildman–Crippen LogP) is 4.22. The van der Waals surface area contributed by atoms with Gasteiger partial charge in [0.05, 0.1) is 24.8 Å². The summed E-state index contributed by atoms with van der Waals surface area (Å²) >= 11 is 0. The number of carbonyl (C=O) groups is 1. The molecule has 0 bridgehead atoms. The van der Waals surface area contributed by atoms with E-state index in [0.717, 1.165) is 25.7 Å². The van der Waals surface area contributed by atoms with Crippen LogP contribution in [0.3, 0.4) is 0 Å². The average Bonchev–Trinajstić information content (AvgIpc) is 2.58. The van der Waals surface area contributed by atoms with Crippen LogP contribution >= 0.6 is 0 Å². The molecule has 130 valence electrons. The van der Waals surface area contributed by atoms with Crippen LogP contribution in [-0.2, 0) is 14.3 Å². The van der Waals surface area contributed by atoms with Crippen molar-refractivity contribution in [1.29, 1.82) is 0 Å². The molecule has 2 fully saturated rings. The van der Waals surface area contributed by atoms with Crippen molar-refractivity contribution in [2.75, 3.05) is 13.2 Å². The quantitative estimate of drug-likeness (QED) is 0.305. The van der Waals surface area contributed by atoms with E-state index in [9.17, 15) is 4.79 Å². The largest absolute Gasteiger partial charge is 0.460 e. The van der Waals surface area contributed by atoms with E-state index in [4.69, 9.17) is 9.47 Å². The number of nitrogens with zero attached hydrogens (tertiary/aromatic N) is 2. The van der Waals surface area contributed by atoms with E-state index >= 15 is 0 Å². The SMILES string of the molecule is C=C(C)C(=O)OCCOC1CCC(N=NC2CCCCC2)CC1. The molecular formula is C18H30N2O3. The Balaban J connectivity index is 1.56. The maximum atomic E-state index is 11.2. The van der Waals surface area contributed by atoms with E-state index < -0.39 is 0 Å². The summed E-state index contributed by atoms with van der Waals surface area (Å²) in [6, 6.07) is 0.846. The van der Waals surface area contributed by atoms with E-state index in [0.29, 0.717) is 30.9 Å². The summed E-state index contributed by atoms with van der Waals surface area (Å²) in [4.78, 5) is 11.2. The van der Waals surface area contributed by atoms with E-state index in [1.807, 2.05) is 0 Å². The monoisotopic (exact) mass is 322 g/mol. The minimum atomic E-state index is -0.347. The molecule has 2 rings (SSSR count). The van der Waals surface area contributed by atoms with E-state index in [2.05, 4.69) is 16.8 Å². The normalized spacial score (nSPS) is 26.3. The van der Waals surface area contributed by atoms with Crippen LogP contribution in [0.15, 0.2) is 22.4 Å². The molecule has 0 saturated heterocycles. The summed E-state index contributed by atoms with van der Waals surface area (Å²) in [6.07, 6.45) is 10.8. The van der Waals surface area contributed by atoms with Crippen LogP contribution in [0.25, 0.3) is 0 Å². The zero-order chi connectivity index (χ0) is 16.5. The van der Waals surface area contributed by atoms with Crippen molar-refractivity contribution in [3.63, 3.8) is 0 Å². The van der Waals surface area contributed by atoms with Crippen molar-refractivity contribution in [3.05, 3.63) is 12.2 Å². The Labute approximate surface area is 139 Å². The fourth-order valence-corrected chi connectivity index (χ4v) is 3.18. The Kier molecular flexibility index (Phi) is 7.72. The number of rotatable bonds is 7. The van der Waals surface area contributed by atoms with Gasteiger partial charge in [-0.2, -0.15) is 10.2 Å². The van der Waals surface area contributed by atoms with Gasteiger partial charge in [0.2, 0.25) is 0 Å². The maximum absolute atomic E-state index is 11.2. The molecule has 5 nitrogen and oxygen atoms in total. The molecule has 0 aromatic carbocycles. The smallest absolute Gasteiger partial charge is 0.333 e. The van der Waals surface area contributed by atoms with Gasteiger partial charge in [0.15, 0.2) is 0 Å². The molecule has 2 saturated carbocycles. The van der Waals surface area contributed by atoms with Crippen LogP contribution in [0.4, 0.5) is 0 Å². The number of hydrogen-bond acceptors (Lipinski definition) is 5. The van der Waals surface area contributed by atoms with Crippen LogP contribution in [0.1, 0.15) is 64.7 Å². The molecule has 23 heavy (non-hydrogen) atoms. The third-order valence-electron chi connectivity index (χ3n) is 4.63. The molecule has 2 aliphatic carbocycles.